The molecule has 4 nitrogen and oxygen atoms in total. The van der Waals surface area contributed by atoms with Gasteiger partial charge in [0.05, 0.1) is 6.54 Å². The van der Waals surface area contributed by atoms with Gasteiger partial charge in [-0.2, -0.15) is 0 Å². The van der Waals surface area contributed by atoms with E-state index in [0.29, 0.717) is 18.2 Å². The number of nitrogens with zero attached hydrogens (tertiary/aromatic N) is 3. The molecule has 0 radical (unpaired) electrons. The predicted molar refractivity (Wildman–Crippen MR) is 244 cm³/mol. The molecule has 0 spiro atoms. The van der Waals surface area contributed by atoms with Crippen LogP contribution in [-0.2, 0) is 6.54 Å². The first-order chi connectivity index (χ1) is 28.2. The number of amidine groups is 2. The minimum Gasteiger partial charge on any atom is -0.455 e. The molecule has 2 aromatic heterocycles. The van der Waals surface area contributed by atoms with Gasteiger partial charge in [0, 0.05) is 53.2 Å². The molecule has 0 saturated carbocycles. The number of benzene rings is 9. The topological polar surface area (TPSA) is 50.2 Å². The van der Waals surface area contributed by atoms with Gasteiger partial charge < -0.3 is 4.42 Å². The van der Waals surface area contributed by atoms with Crippen molar-refractivity contribution in [3.8, 4) is 11.1 Å². The summed E-state index contributed by atoms with van der Waals surface area (Å²) in [6.07, 6.45) is 0. The summed E-state index contributed by atoms with van der Waals surface area (Å²) in [5.74, 6) is 1.07. The summed E-state index contributed by atoms with van der Waals surface area (Å²) < 4.78 is 9.36. The molecular formula is C52H33N3OS. The summed E-state index contributed by atoms with van der Waals surface area (Å²) in [7, 11) is 0. The third-order valence-corrected chi connectivity index (χ3v) is 12.4. The zero-order chi connectivity index (χ0) is 37.9. The van der Waals surface area contributed by atoms with Crippen molar-refractivity contribution in [2.24, 2.45) is 15.0 Å². The van der Waals surface area contributed by atoms with Crippen molar-refractivity contribution in [1.29, 1.82) is 0 Å². The lowest BCUT2D eigenvalue weighted by Crippen LogP contribution is -2.06. The van der Waals surface area contributed by atoms with E-state index in [9.17, 15) is 0 Å². The Morgan fingerprint density at radius 3 is 2.00 bits per heavy atom. The first kappa shape index (κ1) is 33.2. The van der Waals surface area contributed by atoms with Crippen molar-refractivity contribution in [3.63, 3.8) is 0 Å². The van der Waals surface area contributed by atoms with Gasteiger partial charge >= 0.3 is 0 Å². The van der Waals surface area contributed by atoms with Gasteiger partial charge in [0.1, 0.15) is 11.2 Å². The number of para-hydroxylation sites is 1. The fourth-order valence-corrected chi connectivity index (χ4v) is 9.71. The average Bonchev–Trinajstić information content (AvgIpc) is 3.86. The molecule has 0 atom stereocenters. The molecule has 0 saturated heterocycles. The fourth-order valence-electron chi connectivity index (χ4n) is 8.35. The summed E-state index contributed by atoms with van der Waals surface area (Å²) in [5, 5.41) is 11.7. The second kappa shape index (κ2) is 13.5. The van der Waals surface area contributed by atoms with Crippen LogP contribution >= 0.6 is 11.3 Å². The third kappa shape index (κ3) is 5.55. The predicted octanol–water partition coefficient (Wildman–Crippen LogP) is 14.2. The van der Waals surface area contributed by atoms with E-state index < -0.39 is 0 Å². The molecule has 11 rings (SSSR count). The van der Waals surface area contributed by atoms with Crippen LogP contribution in [0.3, 0.4) is 0 Å². The van der Waals surface area contributed by atoms with Gasteiger partial charge in [-0.1, -0.05) is 164 Å². The number of aliphatic imine (C=N–C) groups is 3. The van der Waals surface area contributed by atoms with Crippen molar-refractivity contribution in [2.75, 3.05) is 0 Å². The first-order valence-corrected chi connectivity index (χ1v) is 19.9. The number of fused-ring (bicyclic) bond motifs is 11. The van der Waals surface area contributed by atoms with Crippen molar-refractivity contribution >= 4 is 104 Å². The number of thiophene rings is 1. The molecule has 0 unspecified atom stereocenters. The largest absolute Gasteiger partial charge is 0.455 e. The molecule has 268 valence electrons. The third-order valence-electron chi connectivity index (χ3n) is 11.1. The van der Waals surface area contributed by atoms with Gasteiger partial charge in [-0.15, -0.1) is 11.3 Å². The maximum absolute atomic E-state index is 6.81. The normalized spacial score (nSPS) is 12.6. The van der Waals surface area contributed by atoms with Crippen LogP contribution < -0.4 is 0 Å². The number of furan rings is 1. The lowest BCUT2D eigenvalue weighted by Gasteiger charge is -2.09. The Balaban J connectivity index is 1.09. The molecule has 0 aliphatic heterocycles. The highest BCUT2D eigenvalue weighted by Gasteiger charge is 2.20. The molecule has 0 fully saturated rings. The SMILES string of the molecule is C=NC(=NC(=NCc1ccccc1)c1ccc2ccc3ccccc3c2c1)c1cccc2oc3c(-c4cccc5c4sc4c6ccccc6ccc54)cccc3c12. The van der Waals surface area contributed by atoms with Crippen molar-refractivity contribution < 1.29 is 4.42 Å². The molecule has 11 aromatic rings. The van der Waals surface area contributed by atoms with E-state index in [4.69, 9.17) is 14.4 Å². The van der Waals surface area contributed by atoms with E-state index in [-0.39, 0.29) is 0 Å². The van der Waals surface area contributed by atoms with Gasteiger partial charge in [-0.3, -0.25) is 4.99 Å². The molecule has 57 heavy (non-hydrogen) atoms. The Morgan fingerprint density at radius 1 is 0.509 bits per heavy atom. The summed E-state index contributed by atoms with van der Waals surface area (Å²) in [5.41, 5.74) is 6.64. The van der Waals surface area contributed by atoms with Gasteiger partial charge in [-0.05, 0) is 56.7 Å². The van der Waals surface area contributed by atoms with E-state index in [2.05, 4.69) is 157 Å². The summed E-state index contributed by atoms with van der Waals surface area (Å²) in [6.45, 7) is 4.51. The fraction of sp³-hybridized carbons (Fsp3) is 0.0192. The number of hydrogen-bond acceptors (Lipinski definition) is 3. The Kier molecular flexibility index (Phi) is 7.86. The quantitative estimate of drug-likeness (QED) is 0.0982. The second-order valence-electron chi connectivity index (χ2n) is 14.4. The van der Waals surface area contributed by atoms with Crippen molar-refractivity contribution in [3.05, 3.63) is 193 Å². The van der Waals surface area contributed by atoms with Crippen LogP contribution in [-0.4, -0.2) is 18.4 Å². The highest BCUT2D eigenvalue weighted by atomic mass is 32.1. The second-order valence-corrected chi connectivity index (χ2v) is 15.4. The van der Waals surface area contributed by atoms with E-state index in [1.54, 1.807) is 0 Å². The summed E-state index contributed by atoms with van der Waals surface area (Å²) in [4.78, 5) is 15.0. The molecule has 0 amide bonds. The molecule has 0 N–H and O–H groups in total. The van der Waals surface area contributed by atoms with Crippen LogP contribution in [0.5, 0.6) is 0 Å². The number of hydrogen-bond donors (Lipinski definition) is 0. The van der Waals surface area contributed by atoms with E-state index >= 15 is 0 Å². The van der Waals surface area contributed by atoms with Crippen LogP contribution in [0.15, 0.2) is 195 Å². The van der Waals surface area contributed by atoms with Gasteiger partial charge in [0.15, 0.2) is 11.7 Å². The van der Waals surface area contributed by atoms with Gasteiger partial charge in [0.25, 0.3) is 0 Å². The molecule has 5 heteroatoms. The Morgan fingerprint density at radius 2 is 1.16 bits per heavy atom. The average molecular weight is 748 g/mol. The van der Waals surface area contributed by atoms with E-state index in [1.165, 1.54) is 41.7 Å². The van der Waals surface area contributed by atoms with Crippen LogP contribution in [0.4, 0.5) is 0 Å². The monoisotopic (exact) mass is 747 g/mol. The lowest BCUT2D eigenvalue weighted by atomic mass is 9.98. The highest BCUT2D eigenvalue weighted by Crippen LogP contribution is 2.45. The first-order valence-electron chi connectivity index (χ1n) is 19.1. The molecule has 0 aliphatic carbocycles. The van der Waals surface area contributed by atoms with Crippen molar-refractivity contribution in [2.45, 2.75) is 6.54 Å². The van der Waals surface area contributed by atoms with E-state index in [0.717, 1.165) is 60.5 Å². The van der Waals surface area contributed by atoms with Crippen molar-refractivity contribution in [1.82, 2.24) is 0 Å². The van der Waals surface area contributed by atoms with Crippen LogP contribution in [0.25, 0.3) is 85.6 Å². The lowest BCUT2D eigenvalue weighted by molar-refractivity contribution is 0.670. The molecule has 2 heterocycles. The summed E-state index contributed by atoms with van der Waals surface area (Å²) in [6, 6.07) is 61.8. The van der Waals surface area contributed by atoms with Crippen LogP contribution in [0, 0.1) is 0 Å². The molecule has 0 bridgehead atoms. The summed E-state index contributed by atoms with van der Waals surface area (Å²) >= 11 is 1.85. The Hall–Kier alpha value is -7.21. The van der Waals surface area contributed by atoms with Crippen LogP contribution in [0.2, 0.25) is 0 Å². The maximum atomic E-state index is 6.81. The van der Waals surface area contributed by atoms with Gasteiger partial charge in [-0.25, -0.2) is 9.98 Å². The highest BCUT2D eigenvalue weighted by molar-refractivity contribution is 7.27. The minimum atomic E-state index is 0.471. The Bertz CT molecular complexity index is 3460. The Labute approximate surface area is 332 Å². The van der Waals surface area contributed by atoms with Crippen LogP contribution in [0.1, 0.15) is 16.7 Å². The zero-order valence-corrected chi connectivity index (χ0v) is 31.6. The van der Waals surface area contributed by atoms with Gasteiger partial charge in [0.2, 0.25) is 0 Å². The molecular weight excluding hydrogens is 715 g/mol. The van der Waals surface area contributed by atoms with E-state index in [1.807, 2.05) is 41.7 Å². The zero-order valence-electron chi connectivity index (χ0n) is 30.8. The smallest absolute Gasteiger partial charge is 0.161 e. The maximum Gasteiger partial charge on any atom is 0.161 e. The molecule has 9 aromatic carbocycles. The molecule has 0 aliphatic rings. The number of rotatable bonds is 5. The standard InChI is InChI=1S/C52H33N3OS/c1-53-52(55-51(54-31-32-12-3-2-4-13-32)36-27-26-35-25-24-33-14-5-7-16-37(33)45(35)30-36)44-22-11-23-46-47(44)43-21-9-18-39(48(43)56-46)40-19-10-20-41-42-29-28-34-15-6-8-17-38(34)49(42)57-50(40)41/h2-30H,1,31H2. The minimum absolute atomic E-state index is 0.471.